The Morgan fingerprint density at radius 2 is 1.65 bits per heavy atom. The van der Waals surface area contributed by atoms with Gasteiger partial charge in [0, 0.05) is 5.54 Å². The molecule has 2 N–H and O–H groups in total. The summed E-state index contributed by atoms with van der Waals surface area (Å²) in [5.41, 5.74) is 12.2. The number of halogens is 1. The van der Waals surface area contributed by atoms with Crippen molar-refractivity contribution >= 4 is 5.97 Å². The first-order chi connectivity index (χ1) is 22.7. The van der Waals surface area contributed by atoms with Crippen molar-refractivity contribution in [2.24, 2.45) is 62.4 Å². The third kappa shape index (κ3) is 4.84. The van der Waals surface area contributed by atoms with Gasteiger partial charge in [0.15, 0.2) is 0 Å². The third-order valence-corrected chi connectivity index (χ3v) is 16.6. The number of fused-ring (bicyclic) bond motifs is 7. The summed E-state index contributed by atoms with van der Waals surface area (Å²) in [6.45, 7) is 19.3. The molecule has 0 heterocycles. The maximum Gasteiger partial charge on any atom is 0.315 e. The van der Waals surface area contributed by atoms with Crippen LogP contribution in [0.15, 0.2) is 65.8 Å². The van der Waals surface area contributed by atoms with Crippen molar-refractivity contribution in [3.05, 3.63) is 71.3 Å². The van der Waals surface area contributed by atoms with Gasteiger partial charge in [-0.25, -0.2) is 4.39 Å². The molecule has 0 aromatic heterocycles. The number of rotatable bonds is 6. The standard InChI is InChI=1S/C44H62FNO2/c1-29(2)32-17-24-44(46)26-25-41(6)34(37(32)44)13-14-36-40(5)20-18-33(39(3,4)35(40)19-21-42(36,41)7)31-15-22-43(28-45,23-16-31)38(47)48-27-30-11-9-8-10-12-30/h8-12,15,18,32,34-37H,1,13-14,16-17,19-28,46H2,2-7H3/t32-,34+,35-,36+,37+,40-,41+,42?,43-,44-/m0/s1. The Bertz CT molecular complexity index is 1510. The van der Waals surface area contributed by atoms with E-state index in [1.807, 2.05) is 30.3 Å². The van der Waals surface area contributed by atoms with E-state index in [1.54, 1.807) is 0 Å². The van der Waals surface area contributed by atoms with Crippen LogP contribution < -0.4 is 5.73 Å². The van der Waals surface area contributed by atoms with E-state index in [0.29, 0.717) is 53.3 Å². The minimum Gasteiger partial charge on any atom is -0.460 e. The molecule has 1 aromatic carbocycles. The van der Waals surface area contributed by atoms with Gasteiger partial charge in [-0.15, -0.1) is 0 Å². The summed E-state index contributed by atoms with van der Waals surface area (Å²) in [6, 6.07) is 9.68. The topological polar surface area (TPSA) is 52.3 Å². The lowest BCUT2D eigenvalue weighted by molar-refractivity contribution is -0.219. The number of ether oxygens (including phenoxy) is 1. The van der Waals surface area contributed by atoms with Crippen molar-refractivity contribution in [3.63, 3.8) is 0 Å². The van der Waals surface area contributed by atoms with E-state index < -0.39 is 18.1 Å². The van der Waals surface area contributed by atoms with Crippen LogP contribution in [0.2, 0.25) is 0 Å². The highest BCUT2D eigenvalue weighted by atomic mass is 19.1. The summed E-state index contributed by atoms with van der Waals surface area (Å²) in [7, 11) is 0. The molecule has 4 fully saturated rings. The van der Waals surface area contributed by atoms with E-state index in [1.165, 1.54) is 68.1 Å². The van der Waals surface area contributed by atoms with Crippen LogP contribution in [0.1, 0.15) is 124 Å². The fourth-order valence-electron chi connectivity index (χ4n) is 13.7. The van der Waals surface area contributed by atoms with Crippen LogP contribution >= 0.6 is 0 Å². The molecular weight excluding hydrogens is 593 g/mol. The van der Waals surface area contributed by atoms with Gasteiger partial charge in [-0.2, -0.15) is 0 Å². The fraction of sp³-hybridized carbons (Fsp3) is 0.705. The highest BCUT2D eigenvalue weighted by molar-refractivity contribution is 5.78. The normalized spacial score (nSPS) is 44.6. The van der Waals surface area contributed by atoms with Gasteiger partial charge in [-0.05, 0) is 152 Å². The summed E-state index contributed by atoms with van der Waals surface area (Å²) in [5.74, 6) is 2.74. The zero-order valence-corrected chi connectivity index (χ0v) is 30.8. The number of hydrogen-bond donors (Lipinski definition) is 1. The zero-order chi connectivity index (χ0) is 34.3. The zero-order valence-electron chi connectivity index (χ0n) is 30.8. The van der Waals surface area contributed by atoms with Gasteiger partial charge in [-0.1, -0.05) is 89.3 Å². The van der Waals surface area contributed by atoms with Crippen molar-refractivity contribution in [2.75, 3.05) is 6.67 Å². The minimum absolute atomic E-state index is 0.00531. The highest BCUT2D eigenvalue weighted by Crippen LogP contribution is 2.76. The van der Waals surface area contributed by atoms with Crippen molar-refractivity contribution in [2.45, 2.75) is 131 Å². The van der Waals surface area contributed by atoms with Gasteiger partial charge in [0.2, 0.25) is 0 Å². The number of alkyl halides is 1. The Balaban J connectivity index is 1.12. The molecule has 6 aliphatic carbocycles. The molecule has 262 valence electrons. The average Bonchev–Trinajstić information content (AvgIpc) is 3.42. The lowest BCUT2D eigenvalue weighted by Crippen LogP contribution is -2.67. The molecule has 1 unspecified atom stereocenters. The molecule has 7 rings (SSSR count). The molecule has 4 saturated carbocycles. The van der Waals surface area contributed by atoms with Gasteiger partial charge in [0.05, 0.1) is 5.41 Å². The molecule has 48 heavy (non-hydrogen) atoms. The van der Waals surface area contributed by atoms with Crippen molar-refractivity contribution < 1.29 is 13.9 Å². The molecule has 6 aliphatic rings. The molecule has 3 nitrogen and oxygen atoms in total. The first kappa shape index (κ1) is 34.3. The van der Waals surface area contributed by atoms with E-state index in [2.05, 4.69) is 60.3 Å². The second-order valence-electron chi connectivity index (χ2n) is 18.9. The van der Waals surface area contributed by atoms with Crippen LogP contribution in [-0.2, 0) is 16.1 Å². The number of esters is 1. The van der Waals surface area contributed by atoms with Gasteiger partial charge in [-0.3, -0.25) is 4.79 Å². The average molecular weight is 656 g/mol. The van der Waals surface area contributed by atoms with Gasteiger partial charge in [0.25, 0.3) is 0 Å². The Morgan fingerprint density at radius 3 is 2.31 bits per heavy atom. The van der Waals surface area contributed by atoms with Crippen molar-refractivity contribution in [1.82, 2.24) is 0 Å². The molecule has 4 heteroatoms. The second-order valence-corrected chi connectivity index (χ2v) is 18.9. The quantitative estimate of drug-likeness (QED) is 0.245. The highest BCUT2D eigenvalue weighted by Gasteiger charge is 2.70. The predicted molar refractivity (Wildman–Crippen MR) is 194 cm³/mol. The fourth-order valence-corrected chi connectivity index (χ4v) is 13.7. The second kappa shape index (κ2) is 11.7. The first-order valence-electron chi connectivity index (χ1n) is 19.3. The molecular formula is C44H62FNO2. The van der Waals surface area contributed by atoms with Crippen LogP contribution in [0.3, 0.4) is 0 Å². The van der Waals surface area contributed by atoms with E-state index in [9.17, 15) is 9.18 Å². The number of benzene rings is 1. The van der Waals surface area contributed by atoms with Gasteiger partial charge in [0.1, 0.15) is 13.3 Å². The van der Waals surface area contributed by atoms with E-state index >= 15 is 0 Å². The SMILES string of the molecule is C=C(C)[C@@H]1CC[C@]2(N)CC[C@]3(C)[C@H](CC[C@H]4C3(C)CC[C@H]3C(C)(C)C(C5=CC[C@](CF)(C(=O)OCc6ccccc6)CC5)=CC[C@@]34C)[C@@H]12. The Hall–Kier alpha value is -2.20. The van der Waals surface area contributed by atoms with Gasteiger partial charge >= 0.3 is 5.97 Å². The summed E-state index contributed by atoms with van der Waals surface area (Å²) in [5, 5.41) is 0. The maximum atomic E-state index is 14.6. The predicted octanol–water partition coefficient (Wildman–Crippen LogP) is 10.7. The Kier molecular flexibility index (Phi) is 8.33. The molecule has 0 amide bonds. The minimum atomic E-state index is -1.07. The van der Waals surface area contributed by atoms with E-state index in [4.69, 9.17) is 10.5 Å². The van der Waals surface area contributed by atoms with Crippen molar-refractivity contribution in [1.29, 1.82) is 0 Å². The summed E-state index contributed by atoms with van der Waals surface area (Å²) < 4.78 is 20.3. The summed E-state index contributed by atoms with van der Waals surface area (Å²) in [6.07, 6.45) is 17.5. The number of allylic oxidation sites excluding steroid dienone is 5. The monoisotopic (exact) mass is 655 g/mol. The van der Waals surface area contributed by atoms with Crippen LogP contribution in [0.5, 0.6) is 0 Å². The number of carbonyl (C=O) groups is 1. The summed E-state index contributed by atoms with van der Waals surface area (Å²) in [4.78, 5) is 13.3. The molecule has 0 saturated heterocycles. The molecule has 0 spiro atoms. The molecule has 0 aliphatic heterocycles. The van der Waals surface area contributed by atoms with Crippen LogP contribution in [0, 0.1) is 56.7 Å². The smallest absolute Gasteiger partial charge is 0.315 e. The Labute approximate surface area is 290 Å². The van der Waals surface area contributed by atoms with Crippen LogP contribution in [0.4, 0.5) is 4.39 Å². The lowest BCUT2D eigenvalue weighted by atomic mass is 9.33. The van der Waals surface area contributed by atoms with E-state index in [0.717, 1.165) is 18.4 Å². The Morgan fingerprint density at radius 1 is 0.896 bits per heavy atom. The molecule has 1 aromatic rings. The third-order valence-electron chi connectivity index (χ3n) is 16.6. The lowest BCUT2D eigenvalue weighted by Gasteiger charge is -2.72. The van der Waals surface area contributed by atoms with E-state index in [-0.39, 0.29) is 23.0 Å². The number of hydrogen-bond acceptors (Lipinski definition) is 3. The van der Waals surface area contributed by atoms with Gasteiger partial charge < -0.3 is 10.5 Å². The maximum absolute atomic E-state index is 14.6. The number of nitrogens with two attached hydrogens (primary N) is 1. The molecule has 10 atom stereocenters. The van der Waals surface area contributed by atoms with Crippen LogP contribution in [-0.4, -0.2) is 18.2 Å². The summed E-state index contributed by atoms with van der Waals surface area (Å²) >= 11 is 0. The van der Waals surface area contributed by atoms with Crippen LogP contribution in [0.25, 0.3) is 0 Å². The number of carbonyl (C=O) groups excluding carboxylic acids is 1. The first-order valence-corrected chi connectivity index (χ1v) is 19.3. The molecule has 0 bridgehead atoms. The largest absolute Gasteiger partial charge is 0.460 e. The molecule has 0 radical (unpaired) electrons. The van der Waals surface area contributed by atoms with Crippen molar-refractivity contribution in [3.8, 4) is 0 Å².